The summed E-state index contributed by atoms with van der Waals surface area (Å²) in [5, 5.41) is 7.47. The predicted octanol–water partition coefficient (Wildman–Crippen LogP) is 21.5. The summed E-state index contributed by atoms with van der Waals surface area (Å²) in [7, 11) is 0. The third-order valence-corrected chi connectivity index (χ3v) is 17.5. The minimum atomic E-state index is 1.05. The van der Waals surface area contributed by atoms with Crippen molar-refractivity contribution >= 4 is 119 Å². The normalized spacial score (nSPS) is 11.6. The number of anilines is 6. The summed E-state index contributed by atoms with van der Waals surface area (Å²) in [6.07, 6.45) is 0. The van der Waals surface area contributed by atoms with E-state index in [1.807, 2.05) is 22.7 Å². The van der Waals surface area contributed by atoms with Crippen LogP contribution in [0.1, 0.15) is 0 Å². The minimum absolute atomic E-state index is 1.05. The molecular formula is C72H47N3S2. The van der Waals surface area contributed by atoms with Crippen molar-refractivity contribution in [1.82, 2.24) is 4.57 Å². The molecule has 15 rings (SSSR count). The maximum absolute atomic E-state index is 2.51. The van der Waals surface area contributed by atoms with Crippen molar-refractivity contribution < 1.29 is 0 Å². The van der Waals surface area contributed by atoms with Gasteiger partial charge in [0, 0.05) is 90.8 Å². The Kier molecular flexibility index (Phi) is 10.9. The van der Waals surface area contributed by atoms with Gasteiger partial charge in [0.1, 0.15) is 0 Å². The van der Waals surface area contributed by atoms with E-state index in [1.54, 1.807) is 0 Å². The monoisotopic (exact) mass is 1020 g/mol. The molecule has 3 nitrogen and oxygen atoms in total. The van der Waals surface area contributed by atoms with Gasteiger partial charge in [-0.15, -0.1) is 22.7 Å². The zero-order valence-corrected chi connectivity index (χ0v) is 43.4. The minimum Gasteiger partial charge on any atom is -0.310 e. The molecule has 0 aliphatic heterocycles. The summed E-state index contributed by atoms with van der Waals surface area (Å²) < 4.78 is 7.53. The average molecular weight is 1020 g/mol. The van der Waals surface area contributed by atoms with Crippen molar-refractivity contribution in [3.63, 3.8) is 0 Å². The van der Waals surface area contributed by atoms with Gasteiger partial charge in [-0.2, -0.15) is 0 Å². The van der Waals surface area contributed by atoms with Gasteiger partial charge in [-0.05, 0) is 131 Å². The Bertz CT molecular complexity index is 4660. The molecule has 0 N–H and O–H groups in total. The van der Waals surface area contributed by atoms with Gasteiger partial charge in [-0.25, -0.2) is 0 Å². The van der Waals surface area contributed by atoms with Crippen molar-refractivity contribution in [1.29, 1.82) is 0 Å². The highest BCUT2D eigenvalue weighted by Crippen LogP contribution is 2.52. The lowest BCUT2D eigenvalue weighted by atomic mass is 9.96. The fraction of sp³-hybridized carbons (Fsp3) is 0. The molecule has 0 spiro atoms. The highest BCUT2D eigenvalue weighted by Gasteiger charge is 2.26. The van der Waals surface area contributed by atoms with Crippen LogP contribution in [0.4, 0.5) is 34.1 Å². The Balaban J connectivity index is 1.05. The lowest BCUT2D eigenvalue weighted by Gasteiger charge is -2.31. The maximum Gasteiger partial charge on any atom is 0.0634 e. The first-order chi connectivity index (χ1) is 38.2. The van der Waals surface area contributed by atoms with E-state index < -0.39 is 0 Å². The molecule has 0 amide bonds. The van der Waals surface area contributed by atoms with Crippen LogP contribution in [-0.4, -0.2) is 4.57 Å². The lowest BCUT2D eigenvalue weighted by Crippen LogP contribution is -2.14. The van der Waals surface area contributed by atoms with Gasteiger partial charge in [0.05, 0.1) is 16.7 Å². The van der Waals surface area contributed by atoms with Crippen molar-refractivity contribution in [2.24, 2.45) is 0 Å². The summed E-state index contributed by atoms with van der Waals surface area (Å²) >= 11 is 3.75. The molecule has 0 unspecified atom stereocenters. The number of aromatic nitrogens is 1. The van der Waals surface area contributed by atoms with Crippen molar-refractivity contribution in [2.45, 2.75) is 0 Å². The third kappa shape index (κ3) is 7.70. The number of thiophene rings is 2. The number of benzene rings is 12. The smallest absolute Gasteiger partial charge is 0.0634 e. The van der Waals surface area contributed by atoms with Gasteiger partial charge in [0.25, 0.3) is 0 Å². The van der Waals surface area contributed by atoms with E-state index in [-0.39, 0.29) is 0 Å². The number of nitrogens with zero attached hydrogens (tertiary/aromatic N) is 3. The number of hydrogen-bond donors (Lipinski definition) is 0. The average Bonchev–Trinajstić information content (AvgIpc) is 4.40. The number of para-hydroxylation sites is 3. The van der Waals surface area contributed by atoms with E-state index in [9.17, 15) is 0 Å². The molecule has 0 saturated heterocycles. The quantitative estimate of drug-likeness (QED) is 0.135. The Hall–Kier alpha value is -9.52. The van der Waals surface area contributed by atoms with Crippen LogP contribution in [0.5, 0.6) is 0 Å². The zero-order chi connectivity index (χ0) is 50.8. The van der Waals surface area contributed by atoms with E-state index in [0.717, 1.165) is 45.4 Å². The Labute approximate surface area is 454 Å². The molecule has 5 heteroatoms. The molecule has 0 atom stereocenters. The predicted molar refractivity (Wildman–Crippen MR) is 332 cm³/mol. The first kappa shape index (κ1) is 44.9. The lowest BCUT2D eigenvalue weighted by molar-refractivity contribution is 1.19. The second-order valence-electron chi connectivity index (χ2n) is 19.6. The molecule has 3 heterocycles. The van der Waals surface area contributed by atoms with Crippen LogP contribution in [0.15, 0.2) is 285 Å². The molecule has 0 bridgehead atoms. The standard InChI is InChI=1S/C72H47N3S2/c1-5-20-48(21-6-1)50-36-40-55(41-37-50)73(53-24-9-3-10-25-53)57-44-52(62-47-63-59-28-13-16-31-64(59)75(54-26-11-4-12-27-54)71(63)70-61-30-15-18-34-67(61)77-72(62)70)45-58(46-57)74(56-42-38-51(39-43-56)49-22-7-2-8-23-49)65-32-19-35-68-69(65)60-29-14-17-33-66(60)76-68/h1-47H. The van der Waals surface area contributed by atoms with Gasteiger partial charge in [0.15, 0.2) is 0 Å². The number of hydrogen-bond acceptors (Lipinski definition) is 4. The fourth-order valence-corrected chi connectivity index (χ4v) is 14.0. The molecule has 362 valence electrons. The molecule has 0 aliphatic carbocycles. The van der Waals surface area contributed by atoms with Crippen LogP contribution >= 0.6 is 22.7 Å². The van der Waals surface area contributed by atoms with Crippen molar-refractivity contribution in [3.8, 4) is 39.1 Å². The van der Waals surface area contributed by atoms with Crippen molar-refractivity contribution in [2.75, 3.05) is 9.80 Å². The second kappa shape index (κ2) is 18.7. The summed E-state index contributed by atoms with van der Waals surface area (Å²) in [4.78, 5) is 4.94. The van der Waals surface area contributed by atoms with Gasteiger partial charge in [0.2, 0.25) is 0 Å². The largest absolute Gasteiger partial charge is 0.310 e. The zero-order valence-electron chi connectivity index (χ0n) is 41.8. The highest BCUT2D eigenvalue weighted by molar-refractivity contribution is 7.26. The first-order valence-corrected chi connectivity index (χ1v) is 27.8. The van der Waals surface area contributed by atoms with E-state index >= 15 is 0 Å². The molecule has 15 aromatic rings. The summed E-state index contributed by atoms with van der Waals surface area (Å²) in [6.45, 7) is 0. The van der Waals surface area contributed by atoms with E-state index in [4.69, 9.17) is 0 Å². The first-order valence-electron chi connectivity index (χ1n) is 26.1. The van der Waals surface area contributed by atoms with Gasteiger partial charge in [-0.3, -0.25) is 0 Å². The van der Waals surface area contributed by atoms with Gasteiger partial charge >= 0.3 is 0 Å². The molecule has 77 heavy (non-hydrogen) atoms. The molecule has 12 aromatic carbocycles. The molecule has 0 fully saturated rings. The van der Waals surface area contributed by atoms with Crippen LogP contribution < -0.4 is 9.80 Å². The molecule has 0 saturated carbocycles. The maximum atomic E-state index is 2.51. The van der Waals surface area contributed by atoms with E-state index in [2.05, 4.69) is 299 Å². The third-order valence-electron chi connectivity index (χ3n) is 15.1. The highest BCUT2D eigenvalue weighted by atomic mass is 32.1. The second-order valence-corrected chi connectivity index (χ2v) is 21.8. The van der Waals surface area contributed by atoms with Gasteiger partial charge < -0.3 is 14.4 Å². The van der Waals surface area contributed by atoms with E-state index in [0.29, 0.717) is 0 Å². The molecular weight excluding hydrogens is 971 g/mol. The Morgan fingerprint density at radius 1 is 0.286 bits per heavy atom. The summed E-state index contributed by atoms with van der Waals surface area (Å²) in [5.41, 5.74) is 17.0. The molecule has 0 radical (unpaired) electrons. The van der Waals surface area contributed by atoms with Gasteiger partial charge in [-0.1, -0.05) is 182 Å². The summed E-state index contributed by atoms with van der Waals surface area (Å²) in [6, 6.07) is 105. The van der Waals surface area contributed by atoms with Crippen LogP contribution in [0.25, 0.3) is 101 Å². The Morgan fingerprint density at radius 3 is 1.42 bits per heavy atom. The van der Waals surface area contributed by atoms with E-state index in [1.165, 1.54) is 90.0 Å². The summed E-state index contributed by atoms with van der Waals surface area (Å²) in [5.74, 6) is 0. The topological polar surface area (TPSA) is 11.4 Å². The Morgan fingerprint density at radius 2 is 0.766 bits per heavy atom. The van der Waals surface area contributed by atoms with Crippen LogP contribution in [0.2, 0.25) is 0 Å². The van der Waals surface area contributed by atoms with Crippen LogP contribution in [0, 0.1) is 0 Å². The van der Waals surface area contributed by atoms with Crippen LogP contribution in [-0.2, 0) is 0 Å². The SMILES string of the molecule is c1ccc(-c2ccc(N(c3ccccc3)c3cc(-c4cc5c6ccccc6n(-c6ccccc6)c5c5c4sc4ccccc45)cc(N(c4ccc(-c5ccccc5)cc4)c4cccc5sc6ccccc6c45)c3)cc2)cc1. The number of fused-ring (bicyclic) bond motifs is 10. The fourth-order valence-electron chi connectivity index (χ4n) is 11.7. The van der Waals surface area contributed by atoms with Crippen molar-refractivity contribution in [3.05, 3.63) is 285 Å². The molecule has 0 aliphatic rings. The number of rotatable bonds is 10. The molecule has 3 aromatic heterocycles. The van der Waals surface area contributed by atoms with Crippen LogP contribution in [0.3, 0.4) is 0 Å².